The van der Waals surface area contributed by atoms with Crippen LogP contribution in [0.4, 0.5) is 9.18 Å². The minimum absolute atomic E-state index is 0.0712. The lowest BCUT2D eigenvalue weighted by molar-refractivity contribution is 0.181. The SMILES string of the molecule is O=C1NCCN1CCN1CCC(c2csc3cc(F)ccc23)CC1. The van der Waals surface area contributed by atoms with Crippen molar-refractivity contribution in [3.63, 3.8) is 0 Å². The number of urea groups is 1. The first kappa shape index (κ1) is 15.8. The Morgan fingerprint density at radius 3 is 2.79 bits per heavy atom. The highest BCUT2D eigenvalue weighted by Gasteiger charge is 2.24. The second kappa shape index (κ2) is 6.69. The Morgan fingerprint density at radius 2 is 2.04 bits per heavy atom. The summed E-state index contributed by atoms with van der Waals surface area (Å²) in [7, 11) is 0. The van der Waals surface area contributed by atoms with Crippen LogP contribution >= 0.6 is 11.3 Å². The molecule has 2 fully saturated rings. The number of hydrogen-bond acceptors (Lipinski definition) is 3. The molecule has 128 valence electrons. The first-order chi connectivity index (χ1) is 11.7. The molecule has 1 aromatic heterocycles. The Balaban J connectivity index is 1.34. The number of likely N-dealkylation sites (tertiary alicyclic amines) is 1. The van der Waals surface area contributed by atoms with Crippen LogP contribution in [0.2, 0.25) is 0 Å². The van der Waals surface area contributed by atoms with E-state index in [4.69, 9.17) is 0 Å². The fourth-order valence-corrected chi connectivity index (χ4v) is 4.86. The molecule has 0 bridgehead atoms. The Bertz CT molecular complexity index is 739. The highest BCUT2D eigenvalue weighted by molar-refractivity contribution is 7.17. The first-order valence-electron chi connectivity index (χ1n) is 8.62. The maximum absolute atomic E-state index is 13.3. The number of nitrogens with one attached hydrogen (secondary N) is 1. The van der Waals surface area contributed by atoms with E-state index in [0.717, 1.165) is 56.8 Å². The van der Waals surface area contributed by atoms with Gasteiger partial charge in [0, 0.05) is 30.9 Å². The van der Waals surface area contributed by atoms with Crippen LogP contribution < -0.4 is 5.32 Å². The van der Waals surface area contributed by atoms with Crippen LogP contribution in [0.15, 0.2) is 23.6 Å². The lowest BCUT2D eigenvalue weighted by Crippen LogP contribution is -2.40. The highest BCUT2D eigenvalue weighted by Crippen LogP contribution is 2.36. The van der Waals surface area contributed by atoms with E-state index >= 15 is 0 Å². The van der Waals surface area contributed by atoms with E-state index in [9.17, 15) is 9.18 Å². The minimum atomic E-state index is -0.156. The standard InChI is InChI=1S/C18H22FN3OS/c19-14-1-2-15-16(12-24-17(15)11-14)13-3-6-21(7-4-13)9-10-22-8-5-20-18(22)23/h1-2,11-13H,3-10H2,(H,20,23). The summed E-state index contributed by atoms with van der Waals surface area (Å²) in [5.41, 5.74) is 1.38. The van der Waals surface area contributed by atoms with Crippen molar-refractivity contribution in [3.05, 3.63) is 35.0 Å². The molecule has 1 aromatic carbocycles. The Morgan fingerprint density at radius 1 is 1.21 bits per heavy atom. The van der Waals surface area contributed by atoms with Crippen molar-refractivity contribution >= 4 is 27.5 Å². The van der Waals surface area contributed by atoms with E-state index in [-0.39, 0.29) is 11.8 Å². The van der Waals surface area contributed by atoms with E-state index in [1.165, 1.54) is 10.9 Å². The van der Waals surface area contributed by atoms with Crippen LogP contribution in [0.3, 0.4) is 0 Å². The first-order valence-corrected chi connectivity index (χ1v) is 9.50. The molecule has 2 aromatic rings. The molecule has 24 heavy (non-hydrogen) atoms. The van der Waals surface area contributed by atoms with Crippen LogP contribution in [0, 0.1) is 5.82 Å². The molecule has 0 spiro atoms. The Kier molecular flexibility index (Phi) is 4.41. The lowest BCUT2D eigenvalue weighted by atomic mass is 9.89. The second-order valence-electron chi connectivity index (χ2n) is 6.67. The normalized spacial score (nSPS) is 20.0. The number of rotatable bonds is 4. The zero-order valence-corrected chi connectivity index (χ0v) is 14.4. The maximum Gasteiger partial charge on any atom is 0.317 e. The molecule has 0 atom stereocenters. The largest absolute Gasteiger partial charge is 0.336 e. The van der Waals surface area contributed by atoms with Crippen molar-refractivity contribution in [1.29, 1.82) is 0 Å². The van der Waals surface area contributed by atoms with Gasteiger partial charge in [-0.15, -0.1) is 11.3 Å². The number of carbonyl (C=O) groups is 1. The van der Waals surface area contributed by atoms with Gasteiger partial charge in [-0.3, -0.25) is 0 Å². The molecular weight excluding hydrogens is 325 g/mol. The maximum atomic E-state index is 13.3. The summed E-state index contributed by atoms with van der Waals surface area (Å²) in [6.45, 7) is 5.50. The van der Waals surface area contributed by atoms with Crippen molar-refractivity contribution in [2.24, 2.45) is 0 Å². The van der Waals surface area contributed by atoms with Crippen molar-refractivity contribution in [2.45, 2.75) is 18.8 Å². The van der Waals surface area contributed by atoms with Crippen LogP contribution in [0.5, 0.6) is 0 Å². The predicted molar refractivity (Wildman–Crippen MR) is 95.2 cm³/mol. The molecule has 4 nitrogen and oxygen atoms in total. The van der Waals surface area contributed by atoms with E-state index in [0.29, 0.717) is 5.92 Å². The molecule has 1 N–H and O–H groups in total. The molecule has 2 amide bonds. The van der Waals surface area contributed by atoms with Crippen LogP contribution in [-0.2, 0) is 0 Å². The molecule has 3 heterocycles. The van der Waals surface area contributed by atoms with E-state index in [1.54, 1.807) is 23.5 Å². The summed E-state index contributed by atoms with van der Waals surface area (Å²) < 4.78 is 14.4. The summed E-state index contributed by atoms with van der Waals surface area (Å²) in [4.78, 5) is 15.9. The Labute approximate surface area is 145 Å². The van der Waals surface area contributed by atoms with Crippen molar-refractivity contribution < 1.29 is 9.18 Å². The molecule has 0 unspecified atom stereocenters. The molecule has 0 radical (unpaired) electrons. The molecule has 6 heteroatoms. The molecule has 2 saturated heterocycles. The second-order valence-corrected chi connectivity index (χ2v) is 7.58. The van der Waals surface area contributed by atoms with Gasteiger partial charge in [0.1, 0.15) is 5.82 Å². The number of hydrogen-bond donors (Lipinski definition) is 1. The van der Waals surface area contributed by atoms with Crippen molar-refractivity contribution in [3.8, 4) is 0 Å². The lowest BCUT2D eigenvalue weighted by Gasteiger charge is -2.32. The highest BCUT2D eigenvalue weighted by atomic mass is 32.1. The summed E-state index contributed by atoms with van der Waals surface area (Å²) in [6.07, 6.45) is 2.27. The number of nitrogens with zero attached hydrogens (tertiary/aromatic N) is 2. The third-order valence-electron chi connectivity index (χ3n) is 5.23. The third-order valence-corrected chi connectivity index (χ3v) is 6.19. The number of carbonyl (C=O) groups excluding carboxylic acids is 1. The number of halogens is 1. The van der Waals surface area contributed by atoms with E-state index in [2.05, 4.69) is 15.6 Å². The zero-order chi connectivity index (χ0) is 16.5. The van der Waals surface area contributed by atoms with Crippen molar-refractivity contribution in [2.75, 3.05) is 39.3 Å². The van der Waals surface area contributed by atoms with Crippen LogP contribution in [0.25, 0.3) is 10.1 Å². The number of piperidine rings is 1. The molecule has 2 aliphatic rings. The summed E-state index contributed by atoms with van der Waals surface area (Å²) in [5.74, 6) is 0.409. The van der Waals surface area contributed by atoms with Gasteiger partial charge in [-0.2, -0.15) is 0 Å². The monoisotopic (exact) mass is 347 g/mol. The quantitative estimate of drug-likeness (QED) is 0.922. The summed E-state index contributed by atoms with van der Waals surface area (Å²) >= 11 is 1.65. The number of thiophene rings is 1. The van der Waals surface area contributed by atoms with Crippen LogP contribution in [0.1, 0.15) is 24.3 Å². The van der Waals surface area contributed by atoms with Gasteiger partial charge >= 0.3 is 6.03 Å². The number of benzene rings is 1. The summed E-state index contributed by atoms with van der Waals surface area (Å²) in [6, 6.07) is 5.20. The molecule has 0 aliphatic carbocycles. The van der Waals surface area contributed by atoms with Gasteiger partial charge < -0.3 is 15.1 Å². The average Bonchev–Trinajstić information content (AvgIpc) is 3.19. The summed E-state index contributed by atoms with van der Waals surface area (Å²) in [5, 5.41) is 6.27. The fraction of sp³-hybridized carbons (Fsp3) is 0.500. The van der Waals surface area contributed by atoms with Gasteiger partial charge in [0.15, 0.2) is 0 Å². The van der Waals surface area contributed by atoms with E-state index < -0.39 is 0 Å². The fourth-order valence-electron chi connectivity index (χ4n) is 3.79. The van der Waals surface area contributed by atoms with Gasteiger partial charge in [-0.05, 0) is 60.3 Å². The van der Waals surface area contributed by atoms with Crippen LogP contribution in [-0.4, -0.2) is 55.1 Å². The molecule has 4 rings (SSSR count). The van der Waals surface area contributed by atoms with E-state index in [1.807, 2.05) is 11.0 Å². The molecule has 0 saturated carbocycles. The van der Waals surface area contributed by atoms with Gasteiger partial charge in [0.05, 0.1) is 0 Å². The number of amides is 2. The third kappa shape index (κ3) is 3.13. The molecular formula is C18H22FN3OS. The number of fused-ring (bicyclic) bond motifs is 1. The molecule has 2 aliphatic heterocycles. The zero-order valence-electron chi connectivity index (χ0n) is 13.6. The van der Waals surface area contributed by atoms with Gasteiger partial charge in [0.25, 0.3) is 0 Å². The Hall–Kier alpha value is -1.66. The average molecular weight is 347 g/mol. The van der Waals surface area contributed by atoms with Gasteiger partial charge in [-0.25, -0.2) is 9.18 Å². The minimum Gasteiger partial charge on any atom is -0.336 e. The topological polar surface area (TPSA) is 35.6 Å². The smallest absolute Gasteiger partial charge is 0.317 e. The van der Waals surface area contributed by atoms with Gasteiger partial charge in [0.2, 0.25) is 0 Å². The van der Waals surface area contributed by atoms with Crippen molar-refractivity contribution in [1.82, 2.24) is 15.1 Å². The van der Waals surface area contributed by atoms with Gasteiger partial charge in [-0.1, -0.05) is 6.07 Å². The predicted octanol–water partition coefficient (Wildman–Crippen LogP) is 3.25.